The molecule has 118 valence electrons. The molecule has 2 heteroatoms. The zero-order chi connectivity index (χ0) is 16.1. The number of benzene rings is 2. The van der Waals surface area contributed by atoms with E-state index in [1.165, 1.54) is 27.9 Å². The highest BCUT2D eigenvalue weighted by Crippen LogP contribution is 2.22. The lowest BCUT2D eigenvalue weighted by molar-refractivity contribution is 0.234. The predicted octanol–water partition coefficient (Wildman–Crippen LogP) is 5.05. The quantitative estimate of drug-likeness (QED) is 0.805. The molecular formula is C20H27NO. The molecule has 0 heterocycles. The second kappa shape index (κ2) is 7.35. The molecule has 0 bridgehead atoms. The van der Waals surface area contributed by atoms with Gasteiger partial charge in [0.15, 0.2) is 0 Å². The van der Waals surface area contributed by atoms with E-state index >= 15 is 0 Å². The molecule has 0 radical (unpaired) electrons. The van der Waals surface area contributed by atoms with E-state index in [0.717, 1.165) is 18.7 Å². The number of nitrogens with one attached hydrogen (secondary N) is 1. The fourth-order valence-electron chi connectivity index (χ4n) is 2.78. The maximum Gasteiger partial charge on any atom is 0.119 e. The third-order valence-corrected chi connectivity index (χ3v) is 3.91. The lowest BCUT2D eigenvalue weighted by Gasteiger charge is -2.19. The van der Waals surface area contributed by atoms with Gasteiger partial charge in [-0.1, -0.05) is 36.8 Å². The van der Waals surface area contributed by atoms with Crippen molar-refractivity contribution in [3.05, 3.63) is 58.7 Å². The summed E-state index contributed by atoms with van der Waals surface area (Å²) in [5.74, 6) is 0.934. The second-order valence-corrected chi connectivity index (χ2v) is 6.08. The summed E-state index contributed by atoms with van der Waals surface area (Å²) in [7, 11) is 0. The van der Waals surface area contributed by atoms with Gasteiger partial charge in [0, 0.05) is 5.69 Å². The predicted molar refractivity (Wildman–Crippen MR) is 95.1 cm³/mol. The average Bonchev–Trinajstić information content (AvgIpc) is 2.47. The van der Waals surface area contributed by atoms with Crippen LogP contribution >= 0.6 is 0 Å². The van der Waals surface area contributed by atoms with Gasteiger partial charge in [0.05, 0.1) is 6.54 Å². The van der Waals surface area contributed by atoms with Gasteiger partial charge >= 0.3 is 0 Å². The van der Waals surface area contributed by atoms with Gasteiger partial charge in [-0.3, -0.25) is 0 Å². The van der Waals surface area contributed by atoms with Crippen molar-refractivity contribution in [3.8, 4) is 5.75 Å². The smallest absolute Gasteiger partial charge is 0.119 e. The Morgan fingerprint density at radius 3 is 2.14 bits per heavy atom. The lowest BCUT2D eigenvalue weighted by atomic mass is 10.1. The normalized spacial score (nSPS) is 12.0. The van der Waals surface area contributed by atoms with Crippen molar-refractivity contribution in [1.29, 1.82) is 0 Å². The molecule has 0 aliphatic heterocycles. The molecule has 0 aliphatic rings. The summed E-state index contributed by atoms with van der Waals surface area (Å²) >= 11 is 0. The Kier molecular flexibility index (Phi) is 5.48. The van der Waals surface area contributed by atoms with Crippen molar-refractivity contribution in [1.82, 2.24) is 0 Å². The van der Waals surface area contributed by atoms with Gasteiger partial charge in [-0.25, -0.2) is 0 Å². The van der Waals surface area contributed by atoms with Crippen LogP contribution in [0, 0.1) is 20.8 Å². The average molecular weight is 297 g/mol. The summed E-state index contributed by atoms with van der Waals surface area (Å²) in [5, 5.41) is 3.53. The van der Waals surface area contributed by atoms with Gasteiger partial charge in [-0.05, 0) is 62.9 Å². The summed E-state index contributed by atoms with van der Waals surface area (Å²) in [4.78, 5) is 0. The van der Waals surface area contributed by atoms with Crippen LogP contribution in [0.1, 0.15) is 36.1 Å². The first kappa shape index (κ1) is 16.4. The monoisotopic (exact) mass is 297 g/mol. The topological polar surface area (TPSA) is 21.3 Å². The van der Waals surface area contributed by atoms with E-state index in [9.17, 15) is 0 Å². The maximum atomic E-state index is 5.98. The zero-order valence-electron chi connectivity index (χ0n) is 14.4. The van der Waals surface area contributed by atoms with Gasteiger partial charge in [0.2, 0.25) is 0 Å². The first-order valence-electron chi connectivity index (χ1n) is 8.07. The zero-order valence-corrected chi connectivity index (χ0v) is 14.4. The van der Waals surface area contributed by atoms with E-state index in [-0.39, 0.29) is 6.10 Å². The molecule has 0 saturated heterocycles. The fourth-order valence-corrected chi connectivity index (χ4v) is 2.78. The third kappa shape index (κ3) is 4.27. The molecule has 0 amide bonds. The number of ether oxygens (including phenoxy) is 1. The SMILES string of the molecule is CCc1ccc(OC(C)CNc2c(C)cc(C)cc2C)cc1. The van der Waals surface area contributed by atoms with E-state index in [1.54, 1.807) is 0 Å². The van der Waals surface area contributed by atoms with Crippen LogP contribution in [0.3, 0.4) is 0 Å². The number of hydrogen-bond acceptors (Lipinski definition) is 2. The van der Waals surface area contributed by atoms with Crippen molar-refractivity contribution in [2.75, 3.05) is 11.9 Å². The second-order valence-electron chi connectivity index (χ2n) is 6.08. The van der Waals surface area contributed by atoms with Gasteiger partial charge in [-0.2, -0.15) is 0 Å². The molecular weight excluding hydrogens is 270 g/mol. The van der Waals surface area contributed by atoms with Gasteiger partial charge in [0.25, 0.3) is 0 Å². The minimum atomic E-state index is 0.118. The molecule has 2 rings (SSSR count). The third-order valence-electron chi connectivity index (χ3n) is 3.91. The minimum absolute atomic E-state index is 0.118. The van der Waals surface area contributed by atoms with Crippen LogP contribution in [0.25, 0.3) is 0 Å². The van der Waals surface area contributed by atoms with Crippen molar-refractivity contribution < 1.29 is 4.74 Å². The number of hydrogen-bond donors (Lipinski definition) is 1. The first-order valence-corrected chi connectivity index (χ1v) is 8.07. The van der Waals surface area contributed by atoms with E-state index in [1.807, 2.05) is 0 Å². The van der Waals surface area contributed by atoms with Gasteiger partial charge in [0.1, 0.15) is 11.9 Å². The highest BCUT2D eigenvalue weighted by atomic mass is 16.5. The summed E-state index contributed by atoms with van der Waals surface area (Å²) in [5.41, 5.74) is 6.45. The fraction of sp³-hybridized carbons (Fsp3) is 0.400. The summed E-state index contributed by atoms with van der Waals surface area (Å²) < 4.78 is 5.98. The van der Waals surface area contributed by atoms with Gasteiger partial charge < -0.3 is 10.1 Å². The number of rotatable bonds is 6. The summed E-state index contributed by atoms with van der Waals surface area (Å²) in [6, 6.07) is 12.8. The Morgan fingerprint density at radius 2 is 1.59 bits per heavy atom. The number of aryl methyl sites for hydroxylation is 4. The Bertz CT molecular complexity index is 593. The molecule has 2 aromatic carbocycles. The van der Waals surface area contributed by atoms with E-state index < -0.39 is 0 Å². The van der Waals surface area contributed by atoms with Gasteiger partial charge in [-0.15, -0.1) is 0 Å². The summed E-state index contributed by atoms with van der Waals surface area (Å²) in [6.45, 7) is 11.5. The van der Waals surface area contributed by atoms with Crippen LogP contribution in [-0.4, -0.2) is 12.6 Å². The van der Waals surface area contributed by atoms with E-state index in [4.69, 9.17) is 4.74 Å². The van der Waals surface area contributed by atoms with E-state index in [0.29, 0.717) is 0 Å². The standard InChI is InChI=1S/C20H27NO/c1-6-18-7-9-19(10-8-18)22-17(5)13-21-20-15(3)11-14(2)12-16(20)4/h7-12,17,21H,6,13H2,1-5H3. The largest absolute Gasteiger partial charge is 0.489 e. The highest BCUT2D eigenvalue weighted by molar-refractivity contribution is 5.58. The first-order chi connectivity index (χ1) is 10.5. The molecule has 0 saturated carbocycles. The Morgan fingerprint density at radius 1 is 1.00 bits per heavy atom. The van der Waals surface area contributed by atoms with Crippen molar-refractivity contribution in [2.24, 2.45) is 0 Å². The Balaban J connectivity index is 1.93. The lowest BCUT2D eigenvalue weighted by Crippen LogP contribution is -2.23. The molecule has 2 nitrogen and oxygen atoms in total. The van der Waals surface area contributed by atoms with Crippen LogP contribution in [0.2, 0.25) is 0 Å². The molecule has 1 unspecified atom stereocenters. The van der Waals surface area contributed by atoms with E-state index in [2.05, 4.69) is 76.3 Å². The Hall–Kier alpha value is -1.96. The van der Waals surface area contributed by atoms with Crippen LogP contribution in [0.15, 0.2) is 36.4 Å². The van der Waals surface area contributed by atoms with Crippen LogP contribution in [-0.2, 0) is 6.42 Å². The number of anilines is 1. The molecule has 1 atom stereocenters. The van der Waals surface area contributed by atoms with Crippen molar-refractivity contribution in [2.45, 2.75) is 47.1 Å². The van der Waals surface area contributed by atoms with Crippen molar-refractivity contribution >= 4 is 5.69 Å². The molecule has 1 N–H and O–H groups in total. The molecule has 22 heavy (non-hydrogen) atoms. The maximum absolute atomic E-state index is 5.98. The Labute approximate surface area is 134 Å². The molecule has 0 spiro atoms. The van der Waals surface area contributed by atoms with Crippen LogP contribution in [0.5, 0.6) is 5.75 Å². The highest BCUT2D eigenvalue weighted by Gasteiger charge is 2.07. The molecule has 0 aliphatic carbocycles. The van der Waals surface area contributed by atoms with Crippen molar-refractivity contribution in [3.63, 3.8) is 0 Å². The van der Waals surface area contributed by atoms with Crippen LogP contribution < -0.4 is 10.1 Å². The molecule has 2 aromatic rings. The summed E-state index contributed by atoms with van der Waals surface area (Å²) in [6.07, 6.45) is 1.18. The minimum Gasteiger partial charge on any atom is -0.489 e. The molecule has 0 aromatic heterocycles. The van der Waals surface area contributed by atoms with Crippen LogP contribution in [0.4, 0.5) is 5.69 Å². The molecule has 0 fully saturated rings.